The smallest absolute Gasteiger partial charge is 0.317 e. The summed E-state index contributed by atoms with van der Waals surface area (Å²) in [5.74, 6) is -0.140. The lowest BCUT2D eigenvalue weighted by atomic mass is 9.78. The van der Waals surface area contributed by atoms with Crippen molar-refractivity contribution in [2.75, 3.05) is 26.2 Å². The van der Waals surface area contributed by atoms with Crippen LogP contribution in [0.2, 0.25) is 0 Å². The minimum atomic E-state index is -0.441. The number of hydrogen-bond acceptors (Lipinski definition) is 2. The predicted octanol–water partition coefficient (Wildman–Crippen LogP) is 2.37. The fraction of sp³-hybridized carbons (Fsp3) is 0.556. The molecule has 1 aromatic rings. The summed E-state index contributed by atoms with van der Waals surface area (Å²) in [6.45, 7) is 4.83. The third kappa shape index (κ3) is 3.23. The largest absolute Gasteiger partial charge is 0.338 e. The summed E-state index contributed by atoms with van der Waals surface area (Å²) in [5, 5.41) is 2.81. The summed E-state index contributed by atoms with van der Waals surface area (Å²) in [4.78, 5) is 28.7. The standard InChI is InChI=1S/C18H24FN3O2/c1-2-20-17(24)22-11-9-18(13-22)8-3-10-21(16(18)23)12-14-4-6-15(19)7-5-14/h4-7H,2-3,8-13H2,1H3,(H,20,24)/t18-/m0/s1. The first-order valence-corrected chi connectivity index (χ1v) is 8.61. The number of likely N-dealkylation sites (tertiary alicyclic amines) is 2. The number of amides is 3. The van der Waals surface area contributed by atoms with Gasteiger partial charge in [0.05, 0.1) is 5.41 Å². The first-order valence-electron chi connectivity index (χ1n) is 8.61. The monoisotopic (exact) mass is 333 g/mol. The zero-order valence-corrected chi connectivity index (χ0v) is 14.1. The van der Waals surface area contributed by atoms with Crippen molar-refractivity contribution in [3.05, 3.63) is 35.6 Å². The van der Waals surface area contributed by atoms with Gasteiger partial charge in [-0.25, -0.2) is 9.18 Å². The number of carbonyl (C=O) groups is 2. The highest BCUT2D eigenvalue weighted by molar-refractivity contribution is 5.85. The Hall–Kier alpha value is -2.11. The normalized spacial score (nSPS) is 23.8. The van der Waals surface area contributed by atoms with Crippen molar-refractivity contribution in [3.63, 3.8) is 0 Å². The maximum atomic E-state index is 13.0. The van der Waals surface area contributed by atoms with E-state index in [1.165, 1.54) is 12.1 Å². The molecular formula is C18H24FN3O2. The molecule has 6 heteroatoms. The third-order valence-corrected chi connectivity index (χ3v) is 5.08. The molecule has 2 aliphatic rings. The quantitative estimate of drug-likeness (QED) is 0.923. The Balaban J connectivity index is 1.69. The van der Waals surface area contributed by atoms with Crippen molar-refractivity contribution in [3.8, 4) is 0 Å². The van der Waals surface area contributed by atoms with Gasteiger partial charge in [0.25, 0.3) is 0 Å². The summed E-state index contributed by atoms with van der Waals surface area (Å²) in [7, 11) is 0. The highest BCUT2D eigenvalue weighted by atomic mass is 19.1. The molecule has 0 radical (unpaired) electrons. The Bertz CT molecular complexity index is 619. The van der Waals surface area contributed by atoms with Crippen LogP contribution in [0.25, 0.3) is 0 Å². The molecule has 2 saturated heterocycles. The molecule has 2 fully saturated rings. The number of nitrogens with zero attached hydrogens (tertiary/aromatic N) is 2. The molecule has 24 heavy (non-hydrogen) atoms. The molecule has 130 valence electrons. The SMILES string of the molecule is CCNC(=O)N1CC[C@@]2(CCCN(Cc3ccc(F)cc3)C2=O)C1. The van der Waals surface area contributed by atoms with Crippen LogP contribution in [-0.2, 0) is 11.3 Å². The summed E-state index contributed by atoms with van der Waals surface area (Å²) < 4.78 is 13.0. The molecule has 0 bridgehead atoms. The van der Waals surface area contributed by atoms with Crippen molar-refractivity contribution >= 4 is 11.9 Å². The fourth-order valence-electron chi connectivity index (χ4n) is 3.80. The number of carbonyl (C=O) groups excluding carboxylic acids is 2. The van der Waals surface area contributed by atoms with E-state index in [0.29, 0.717) is 26.2 Å². The minimum Gasteiger partial charge on any atom is -0.338 e. The molecule has 0 aliphatic carbocycles. The maximum absolute atomic E-state index is 13.0. The van der Waals surface area contributed by atoms with E-state index < -0.39 is 5.41 Å². The highest BCUT2D eigenvalue weighted by Crippen LogP contribution is 2.40. The second-order valence-electron chi connectivity index (χ2n) is 6.74. The Labute approximate surface area is 141 Å². The average Bonchev–Trinajstić information content (AvgIpc) is 3.00. The van der Waals surface area contributed by atoms with Gasteiger partial charge >= 0.3 is 6.03 Å². The maximum Gasteiger partial charge on any atom is 0.317 e. The number of halogens is 1. The first kappa shape index (κ1) is 16.7. The Kier molecular flexibility index (Phi) is 4.73. The number of urea groups is 1. The van der Waals surface area contributed by atoms with E-state index in [2.05, 4.69) is 5.32 Å². The zero-order chi connectivity index (χ0) is 17.2. The molecule has 1 atom stereocenters. The van der Waals surface area contributed by atoms with Crippen molar-refractivity contribution in [2.24, 2.45) is 5.41 Å². The van der Waals surface area contributed by atoms with Gasteiger partial charge in [-0.2, -0.15) is 0 Å². The molecule has 1 aromatic carbocycles. The Morgan fingerprint density at radius 2 is 2.00 bits per heavy atom. The van der Waals surface area contributed by atoms with Crippen LogP contribution in [0.15, 0.2) is 24.3 Å². The van der Waals surface area contributed by atoms with Crippen LogP contribution in [0, 0.1) is 11.2 Å². The number of nitrogens with one attached hydrogen (secondary N) is 1. The molecule has 0 saturated carbocycles. The number of benzene rings is 1. The number of rotatable bonds is 3. The van der Waals surface area contributed by atoms with Gasteiger partial charge in [0.1, 0.15) is 5.82 Å². The number of piperidine rings is 1. The van der Waals surface area contributed by atoms with E-state index >= 15 is 0 Å². The van der Waals surface area contributed by atoms with Gasteiger partial charge in [-0.05, 0) is 43.9 Å². The summed E-state index contributed by atoms with van der Waals surface area (Å²) in [6.07, 6.45) is 2.50. The van der Waals surface area contributed by atoms with Gasteiger partial charge < -0.3 is 15.1 Å². The average molecular weight is 333 g/mol. The van der Waals surface area contributed by atoms with E-state index in [-0.39, 0.29) is 17.8 Å². The van der Waals surface area contributed by atoms with E-state index in [1.807, 2.05) is 11.8 Å². The summed E-state index contributed by atoms with van der Waals surface area (Å²) in [6, 6.07) is 6.20. The minimum absolute atomic E-state index is 0.0853. The van der Waals surface area contributed by atoms with Crippen LogP contribution >= 0.6 is 0 Å². The van der Waals surface area contributed by atoms with Gasteiger partial charge in [0.2, 0.25) is 5.91 Å². The third-order valence-electron chi connectivity index (χ3n) is 5.08. The van der Waals surface area contributed by atoms with Crippen LogP contribution in [-0.4, -0.2) is 47.9 Å². The zero-order valence-electron chi connectivity index (χ0n) is 14.1. The van der Waals surface area contributed by atoms with Gasteiger partial charge in [-0.3, -0.25) is 4.79 Å². The lowest BCUT2D eigenvalue weighted by Crippen LogP contribution is -2.50. The molecular weight excluding hydrogens is 309 g/mol. The van der Waals surface area contributed by atoms with E-state index in [0.717, 1.165) is 31.4 Å². The van der Waals surface area contributed by atoms with Gasteiger partial charge in [0.15, 0.2) is 0 Å². The van der Waals surface area contributed by atoms with Crippen molar-refractivity contribution in [1.29, 1.82) is 0 Å². The van der Waals surface area contributed by atoms with E-state index in [4.69, 9.17) is 0 Å². The molecule has 0 aromatic heterocycles. The molecule has 5 nitrogen and oxygen atoms in total. The lowest BCUT2D eigenvalue weighted by molar-refractivity contribution is -0.146. The van der Waals surface area contributed by atoms with Crippen LogP contribution in [0.5, 0.6) is 0 Å². The van der Waals surface area contributed by atoms with Gasteiger partial charge in [0, 0.05) is 32.7 Å². The van der Waals surface area contributed by atoms with Crippen LogP contribution < -0.4 is 5.32 Å². The van der Waals surface area contributed by atoms with Crippen LogP contribution in [0.1, 0.15) is 31.7 Å². The Morgan fingerprint density at radius 1 is 1.25 bits per heavy atom. The Morgan fingerprint density at radius 3 is 2.71 bits per heavy atom. The van der Waals surface area contributed by atoms with Gasteiger partial charge in [-0.15, -0.1) is 0 Å². The second kappa shape index (κ2) is 6.79. The molecule has 3 rings (SSSR count). The number of hydrogen-bond donors (Lipinski definition) is 1. The van der Waals surface area contributed by atoms with E-state index in [9.17, 15) is 14.0 Å². The molecule has 1 spiro atoms. The summed E-state index contributed by atoms with van der Waals surface area (Å²) >= 11 is 0. The van der Waals surface area contributed by atoms with Crippen LogP contribution in [0.4, 0.5) is 9.18 Å². The van der Waals surface area contributed by atoms with Gasteiger partial charge in [-0.1, -0.05) is 12.1 Å². The predicted molar refractivity (Wildman–Crippen MR) is 88.7 cm³/mol. The first-order chi connectivity index (χ1) is 11.5. The molecule has 1 N–H and O–H groups in total. The van der Waals surface area contributed by atoms with E-state index in [1.54, 1.807) is 17.0 Å². The van der Waals surface area contributed by atoms with Crippen LogP contribution in [0.3, 0.4) is 0 Å². The second-order valence-corrected chi connectivity index (χ2v) is 6.74. The summed E-state index contributed by atoms with van der Waals surface area (Å²) in [5.41, 5.74) is 0.490. The van der Waals surface area contributed by atoms with Crippen molar-refractivity contribution in [1.82, 2.24) is 15.1 Å². The van der Waals surface area contributed by atoms with Crippen molar-refractivity contribution < 1.29 is 14.0 Å². The molecule has 3 amide bonds. The highest BCUT2D eigenvalue weighted by Gasteiger charge is 2.49. The molecule has 0 unspecified atom stereocenters. The molecule has 2 heterocycles. The lowest BCUT2D eigenvalue weighted by Gasteiger charge is -2.39. The molecule has 2 aliphatic heterocycles. The van der Waals surface area contributed by atoms with Crippen molar-refractivity contribution in [2.45, 2.75) is 32.7 Å². The fourth-order valence-corrected chi connectivity index (χ4v) is 3.80. The topological polar surface area (TPSA) is 52.7 Å².